The van der Waals surface area contributed by atoms with Crippen LogP contribution in [0.25, 0.3) is 0 Å². The Morgan fingerprint density at radius 1 is 1.05 bits per heavy atom. The van der Waals surface area contributed by atoms with Gasteiger partial charge < -0.3 is 4.52 Å². The molecule has 0 bridgehead atoms. The van der Waals surface area contributed by atoms with Gasteiger partial charge in [0.15, 0.2) is 0 Å². The van der Waals surface area contributed by atoms with Crippen molar-refractivity contribution in [2.75, 3.05) is 0 Å². The van der Waals surface area contributed by atoms with Gasteiger partial charge >= 0.3 is 90.8 Å². The Hall–Kier alpha value is -1.39. The second-order valence-corrected chi connectivity index (χ2v) is 5.14. The summed E-state index contributed by atoms with van der Waals surface area (Å²) in [6.45, 7) is 6.01. The SMILES string of the molecule is O=POc1ccccc1.[Li][C](=O)c1c(C)cc(C)cc1C. The van der Waals surface area contributed by atoms with Crippen LogP contribution in [0.1, 0.15) is 27.0 Å². The predicted molar refractivity (Wildman–Crippen MR) is 85.4 cm³/mol. The number of carbonyl (C=O) groups excluding carboxylic acids is 1. The van der Waals surface area contributed by atoms with Crippen LogP contribution in [0.2, 0.25) is 0 Å². The molecular formula is C16H16LiO3P. The first kappa shape index (κ1) is 17.7. The van der Waals surface area contributed by atoms with Gasteiger partial charge in [-0.3, -0.25) is 0 Å². The number of aryl methyl sites for hydroxylation is 3. The molecule has 0 amide bonds. The van der Waals surface area contributed by atoms with Gasteiger partial charge in [0.2, 0.25) is 0 Å². The van der Waals surface area contributed by atoms with Gasteiger partial charge in [0.25, 0.3) is 0 Å². The van der Waals surface area contributed by atoms with Crippen LogP contribution in [-0.4, -0.2) is 22.2 Å². The summed E-state index contributed by atoms with van der Waals surface area (Å²) in [5.41, 5.74) is 4.26. The monoisotopic (exact) mass is 294 g/mol. The van der Waals surface area contributed by atoms with Crippen LogP contribution in [-0.2, 0) is 4.57 Å². The minimum atomic E-state index is -0.305. The topological polar surface area (TPSA) is 43.4 Å². The van der Waals surface area contributed by atoms with Crippen LogP contribution in [0.3, 0.4) is 0 Å². The minimum absolute atomic E-state index is 0.157. The van der Waals surface area contributed by atoms with Crippen molar-refractivity contribution in [1.82, 2.24) is 0 Å². The van der Waals surface area contributed by atoms with Crippen molar-refractivity contribution < 1.29 is 13.9 Å². The van der Waals surface area contributed by atoms with Crippen LogP contribution >= 0.6 is 8.69 Å². The van der Waals surface area contributed by atoms with E-state index in [9.17, 15) is 9.36 Å². The molecule has 0 heterocycles. The number of carbonyl (C=O) groups is 1. The fraction of sp³-hybridized carbons (Fsp3) is 0.188. The van der Waals surface area contributed by atoms with Gasteiger partial charge in [-0.05, 0) is 12.1 Å². The van der Waals surface area contributed by atoms with Crippen molar-refractivity contribution in [2.24, 2.45) is 0 Å². The molecule has 2 aromatic rings. The molecule has 0 saturated carbocycles. The van der Waals surface area contributed by atoms with E-state index >= 15 is 0 Å². The summed E-state index contributed by atoms with van der Waals surface area (Å²) in [5, 5.41) is 0. The molecule has 0 unspecified atom stereocenters. The van der Waals surface area contributed by atoms with Gasteiger partial charge in [-0.1, -0.05) is 18.2 Å². The third-order valence-corrected chi connectivity index (χ3v) is 3.20. The Kier molecular flexibility index (Phi) is 7.40. The molecule has 0 atom stereocenters. The molecule has 0 N–H and O–H groups in total. The van der Waals surface area contributed by atoms with Crippen molar-refractivity contribution in [3.05, 3.63) is 64.7 Å². The van der Waals surface area contributed by atoms with E-state index in [4.69, 9.17) is 0 Å². The Bertz CT molecular complexity index is 604. The maximum atomic E-state index is 11.2. The first-order valence-electron chi connectivity index (χ1n) is 6.59. The van der Waals surface area contributed by atoms with E-state index in [1.54, 1.807) is 29.8 Å². The third-order valence-electron chi connectivity index (χ3n) is 2.91. The van der Waals surface area contributed by atoms with Crippen molar-refractivity contribution in [1.29, 1.82) is 0 Å². The zero-order valence-corrected chi connectivity index (χ0v) is 13.6. The standard InChI is InChI=1S/C10H11O.C6H5O2P.Li/c1-7-4-8(2)10(6-11)9(3)5-7;7-9-8-6-4-2-1-3-5-6;/h4-5H,1-3H3;1-5H;. The summed E-state index contributed by atoms with van der Waals surface area (Å²) in [7, 11) is -0.305. The van der Waals surface area contributed by atoms with E-state index < -0.39 is 0 Å². The molecule has 2 rings (SSSR count). The molecule has 0 aliphatic rings. The van der Waals surface area contributed by atoms with Crippen molar-refractivity contribution >= 4 is 30.9 Å². The van der Waals surface area contributed by atoms with E-state index in [0.717, 1.165) is 16.7 Å². The van der Waals surface area contributed by atoms with Crippen molar-refractivity contribution in [2.45, 2.75) is 20.8 Å². The Balaban J connectivity index is 0.000000219. The third kappa shape index (κ3) is 5.85. The zero-order valence-electron chi connectivity index (χ0n) is 12.7. The zero-order chi connectivity index (χ0) is 15.8. The molecule has 2 aromatic carbocycles. The molecule has 0 aliphatic carbocycles. The fourth-order valence-electron chi connectivity index (χ4n) is 2.26. The van der Waals surface area contributed by atoms with E-state index in [0.29, 0.717) is 5.75 Å². The molecule has 104 valence electrons. The average molecular weight is 294 g/mol. The molecule has 0 radical (unpaired) electrons. The molecular weight excluding hydrogens is 278 g/mol. The van der Waals surface area contributed by atoms with E-state index in [2.05, 4.69) is 4.52 Å². The summed E-state index contributed by atoms with van der Waals surface area (Å²) in [6, 6.07) is 13.1. The Morgan fingerprint density at radius 3 is 2.00 bits per heavy atom. The van der Waals surface area contributed by atoms with Crippen LogP contribution in [0.15, 0.2) is 42.5 Å². The van der Waals surface area contributed by atoms with Crippen molar-refractivity contribution in [3.63, 3.8) is 0 Å². The van der Waals surface area contributed by atoms with E-state index in [1.165, 1.54) is 5.56 Å². The summed E-state index contributed by atoms with van der Waals surface area (Å²) in [6.07, 6.45) is 0. The van der Waals surface area contributed by atoms with Gasteiger partial charge in [0.1, 0.15) is 5.75 Å². The second kappa shape index (κ2) is 8.80. The molecule has 21 heavy (non-hydrogen) atoms. The maximum absolute atomic E-state index is 11.2. The van der Waals surface area contributed by atoms with Gasteiger partial charge in [-0.25, -0.2) is 4.57 Å². The van der Waals surface area contributed by atoms with Gasteiger partial charge in [0.05, 0.1) is 0 Å². The Labute approximate surface area is 136 Å². The number of rotatable bonds is 3. The van der Waals surface area contributed by atoms with Gasteiger partial charge in [0, 0.05) is 0 Å². The molecule has 3 nitrogen and oxygen atoms in total. The fourth-order valence-corrected chi connectivity index (χ4v) is 2.47. The summed E-state index contributed by atoms with van der Waals surface area (Å²) >= 11 is 1.62. The molecule has 0 spiro atoms. The summed E-state index contributed by atoms with van der Waals surface area (Å²) in [5.74, 6) is 0.620. The normalized spacial score (nSPS) is 9.76. The van der Waals surface area contributed by atoms with E-state index in [1.807, 2.05) is 51.1 Å². The average Bonchev–Trinajstić information content (AvgIpc) is 2.39. The first-order valence-corrected chi connectivity index (χ1v) is 7.32. The van der Waals surface area contributed by atoms with E-state index in [-0.39, 0.29) is 13.1 Å². The summed E-state index contributed by atoms with van der Waals surface area (Å²) in [4.78, 5) is 11.2. The van der Waals surface area contributed by atoms with Crippen LogP contribution in [0.4, 0.5) is 0 Å². The molecule has 0 saturated heterocycles. The van der Waals surface area contributed by atoms with Gasteiger partial charge in [-0.15, -0.1) is 0 Å². The molecule has 5 heteroatoms. The van der Waals surface area contributed by atoms with Crippen LogP contribution in [0.5, 0.6) is 5.75 Å². The molecule has 0 aliphatic heterocycles. The Morgan fingerprint density at radius 2 is 1.57 bits per heavy atom. The molecule has 0 fully saturated rings. The molecule has 0 aromatic heterocycles. The number of para-hydroxylation sites is 1. The number of hydrogen-bond donors (Lipinski definition) is 0. The number of benzene rings is 2. The quantitative estimate of drug-likeness (QED) is 0.629. The van der Waals surface area contributed by atoms with Crippen molar-refractivity contribution in [3.8, 4) is 5.75 Å². The first-order chi connectivity index (χ1) is 9.95. The number of hydrogen-bond acceptors (Lipinski definition) is 3. The summed E-state index contributed by atoms with van der Waals surface area (Å²) < 4.78 is 14.6. The predicted octanol–water partition coefficient (Wildman–Crippen LogP) is 4.19. The van der Waals surface area contributed by atoms with Crippen LogP contribution in [0, 0.1) is 20.8 Å². The van der Waals surface area contributed by atoms with Gasteiger partial charge in [-0.2, -0.15) is 0 Å². The second-order valence-electron chi connectivity index (χ2n) is 4.81. The van der Waals surface area contributed by atoms with Crippen LogP contribution < -0.4 is 4.52 Å².